The first-order chi connectivity index (χ1) is 12.1. The van der Waals surface area contributed by atoms with Crippen molar-refractivity contribution in [2.45, 2.75) is 0 Å². The molecule has 0 atom stereocenters. The molecule has 0 fully saturated rings. The van der Waals surface area contributed by atoms with Gasteiger partial charge in [-0.1, -0.05) is 0 Å². The fourth-order valence-corrected chi connectivity index (χ4v) is 2.79. The molecule has 1 aliphatic heterocycles. The van der Waals surface area contributed by atoms with Crippen molar-refractivity contribution in [3.8, 4) is 5.75 Å². The summed E-state index contributed by atoms with van der Waals surface area (Å²) in [5, 5.41) is 4.19. The lowest BCUT2D eigenvalue weighted by Gasteiger charge is -2.30. The second-order valence-electron chi connectivity index (χ2n) is 5.54. The Balaban J connectivity index is 1.78. The number of nitrogens with two attached hydrogens (primary N) is 1. The van der Waals surface area contributed by atoms with E-state index < -0.39 is 5.91 Å². The Morgan fingerprint density at radius 1 is 1.40 bits per heavy atom. The molecular weight excluding hydrogens is 326 g/mol. The number of fused-ring (bicyclic) bond motifs is 2. The normalized spacial score (nSPS) is 13.4. The van der Waals surface area contributed by atoms with E-state index in [1.807, 2.05) is 11.0 Å². The number of aryl methyl sites for hydroxylation is 1. The van der Waals surface area contributed by atoms with E-state index in [1.54, 1.807) is 25.4 Å². The fourth-order valence-electron chi connectivity index (χ4n) is 2.79. The molecule has 0 saturated heterocycles. The van der Waals surface area contributed by atoms with E-state index in [1.165, 1.54) is 15.3 Å². The van der Waals surface area contributed by atoms with E-state index in [-0.39, 0.29) is 5.69 Å². The molecular formula is C15H15N7O3. The van der Waals surface area contributed by atoms with Gasteiger partial charge in [-0.05, 0) is 12.1 Å². The van der Waals surface area contributed by atoms with Gasteiger partial charge in [0.15, 0.2) is 17.2 Å². The van der Waals surface area contributed by atoms with Crippen molar-refractivity contribution in [2.75, 3.05) is 18.1 Å². The number of rotatable bonds is 2. The quantitative estimate of drug-likeness (QED) is 0.368. The molecule has 0 radical (unpaired) electrons. The van der Waals surface area contributed by atoms with E-state index >= 15 is 0 Å². The van der Waals surface area contributed by atoms with E-state index in [9.17, 15) is 9.59 Å². The van der Waals surface area contributed by atoms with Gasteiger partial charge in [0.25, 0.3) is 5.91 Å². The fraction of sp³-hybridized carbons (Fsp3) is 0.200. The van der Waals surface area contributed by atoms with Crippen LogP contribution in [-0.2, 0) is 7.05 Å². The van der Waals surface area contributed by atoms with Crippen molar-refractivity contribution < 1.29 is 9.53 Å². The molecule has 0 spiro atoms. The van der Waals surface area contributed by atoms with Crippen LogP contribution < -0.4 is 26.6 Å². The van der Waals surface area contributed by atoms with Gasteiger partial charge in [0.2, 0.25) is 0 Å². The highest BCUT2D eigenvalue weighted by Gasteiger charge is 2.23. The Bertz CT molecular complexity index is 1040. The van der Waals surface area contributed by atoms with Crippen molar-refractivity contribution in [1.29, 1.82) is 0 Å². The summed E-state index contributed by atoms with van der Waals surface area (Å²) in [4.78, 5) is 29.8. The molecule has 3 aromatic rings. The number of hydrogen-bond donors (Lipinski definition) is 2. The van der Waals surface area contributed by atoms with Crippen LogP contribution in [0.15, 0.2) is 35.4 Å². The molecule has 0 unspecified atom stereocenters. The van der Waals surface area contributed by atoms with Crippen LogP contribution in [0.5, 0.6) is 5.75 Å². The van der Waals surface area contributed by atoms with Gasteiger partial charge in [0.1, 0.15) is 6.61 Å². The lowest BCUT2D eigenvalue weighted by molar-refractivity contribution is 0.0952. The van der Waals surface area contributed by atoms with Crippen LogP contribution >= 0.6 is 0 Å². The van der Waals surface area contributed by atoms with Crippen LogP contribution in [0.25, 0.3) is 5.65 Å². The van der Waals surface area contributed by atoms with E-state index in [4.69, 9.17) is 10.6 Å². The lowest BCUT2D eigenvalue weighted by atomic mass is 10.2. The van der Waals surface area contributed by atoms with Crippen LogP contribution in [0.1, 0.15) is 10.4 Å². The molecule has 4 rings (SSSR count). The largest absolute Gasteiger partial charge is 0.488 e. The number of ether oxygens (including phenoxy) is 1. The van der Waals surface area contributed by atoms with Crippen molar-refractivity contribution >= 4 is 23.1 Å². The molecule has 3 N–H and O–H groups in total. The topological polar surface area (TPSA) is 120 Å². The number of hydrogen-bond acceptors (Lipinski definition) is 7. The summed E-state index contributed by atoms with van der Waals surface area (Å²) in [5.41, 5.74) is 3.54. The SMILES string of the molecule is Cn1nc2cc(N3CCOc4cc(C(=O)NN)cnc43)ccn2c1=O. The maximum absolute atomic E-state index is 11.9. The van der Waals surface area contributed by atoms with Crippen molar-refractivity contribution in [1.82, 2.24) is 24.6 Å². The maximum Gasteiger partial charge on any atom is 0.350 e. The summed E-state index contributed by atoms with van der Waals surface area (Å²) >= 11 is 0. The second kappa shape index (κ2) is 5.60. The smallest absolute Gasteiger partial charge is 0.350 e. The number of aromatic nitrogens is 4. The monoisotopic (exact) mass is 341 g/mol. The highest BCUT2D eigenvalue weighted by atomic mass is 16.5. The molecule has 25 heavy (non-hydrogen) atoms. The first-order valence-corrected chi connectivity index (χ1v) is 7.55. The minimum Gasteiger partial charge on any atom is -0.488 e. The van der Waals surface area contributed by atoms with Gasteiger partial charge < -0.3 is 9.64 Å². The molecule has 128 valence electrons. The average Bonchev–Trinajstić information content (AvgIpc) is 2.93. The third-order valence-corrected chi connectivity index (χ3v) is 4.02. The molecule has 4 heterocycles. The van der Waals surface area contributed by atoms with E-state index in [2.05, 4.69) is 15.5 Å². The highest BCUT2D eigenvalue weighted by molar-refractivity contribution is 5.94. The maximum atomic E-state index is 11.9. The Kier molecular flexibility index (Phi) is 3.39. The number of hydrazine groups is 1. The van der Waals surface area contributed by atoms with Gasteiger partial charge in [-0.2, -0.15) is 5.10 Å². The number of carbonyl (C=O) groups is 1. The predicted molar refractivity (Wildman–Crippen MR) is 88.8 cm³/mol. The summed E-state index contributed by atoms with van der Waals surface area (Å²) in [5.74, 6) is 5.79. The van der Waals surface area contributed by atoms with Gasteiger partial charge >= 0.3 is 5.69 Å². The number of carbonyl (C=O) groups excluding carboxylic acids is 1. The number of amides is 1. The number of anilines is 2. The van der Waals surface area contributed by atoms with Gasteiger partial charge in [-0.3, -0.25) is 14.6 Å². The lowest BCUT2D eigenvalue weighted by Crippen LogP contribution is -2.32. The molecule has 1 amide bonds. The first-order valence-electron chi connectivity index (χ1n) is 7.55. The summed E-state index contributed by atoms with van der Waals surface area (Å²) in [6.45, 7) is 1.01. The molecule has 0 aliphatic carbocycles. The van der Waals surface area contributed by atoms with Gasteiger partial charge in [0, 0.05) is 31.2 Å². The summed E-state index contributed by atoms with van der Waals surface area (Å²) < 4.78 is 8.37. The van der Waals surface area contributed by atoms with Crippen LogP contribution in [0.4, 0.5) is 11.5 Å². The van der Waals surface area contributed by atoms with Crippen molar-refractivity contribution in [3.63, 3.8) is 0 Å². The van der Waals surface area contributed by atoms with Gasteiger partial charge in [-0.25, -0.2) is 20.3 Å². The number of pyridine rings is 2. The molecule has 0 aromatic carbocycles. The van der Waals surface area contributed by atoms with Crippen LogP contribution in [0.3, 0.4) is 0 Å². The molecule has 3 aromatic heterocycles. The Hall–Kier alpha value is -3.40. The van der Waals surface area contributed by atoms with Gasteiger partial charge in [-0.15, -0.1) is 0 Å². The van der Waals surface area contributed by atoms with Crippen molar-refractivity contribution in [2.24, 2.45) is 12.9 Å². The standard InChI is InChI=1S/C15H15N7O3/c1-20-15(24)22-3-2-10(7-12(22)19-20)21-4-5-25-11-6-9(14(23)18-16)8-17-13(11)21/h2-3,6-8H,4-5,16H2,1H3,(H,18,23). The summed E-state index contributed by atoms with van der Waals surface area (Å²) in [6.07, 6.45) is 3.11. The van der Waals surface area contributed by atoms with Crippen LogP contribution in [-0.4, -0.2) is 38.2 Å². The van der Waals surface area contributed by atoms with Crippen LogP contribution in [0.2, 0.25) is 0 Å². The highest BCUT2D eigenvalue weighted by Crippen LogP contribution is 2.35. The zero-order chi connectivity index (χ0) is 17.6. The zero-order valence-corrected chi connectivity index (χ0v) is 13.3. The van der Waals surface area contributed by atoms with E-state index in [0.717, 1.165) is 5.69 Å². The molecule has 10 nitrogen and oxygen atoms in total. The molecule has 0 saturated carbocycles. The Morgan fingerprint density at radius 2 is 2.24 bits per heavy atom. The first kappa shape index (κ1) is 15.1. The third-order valence-electron chi connectivity index (χ3n) is 4.02. The zero-order valence-electron chi connectivity index (χ0n) is 13.3. The second-order valence-corrected chi connectivity index (χ2v) is 5.54. The number of nitrogens with zero attached hydrogens (tertiary/aromatic N) is 5. The predicted octanol–water partition coefficient (Wildman–Crippen LogP) is -0.438. The Morgan fingerprint density at radius 3 is 3.04 bits per heavy atom. The molecule has 0 bridgehead atoms. The minimum absolute atomic E-state index is 0.209. The van der Waals surface area contributed by atoms with Crippen LogP contribution in [0, 0.1) is 0 Å². The minimum atomic E-state index is -0.440. The average molecular weight is 341 g/mol. The summed E-state index contributed by atoms with van der Waals surface area (Å²) in [6, 6.07) is 5.21. The van der Waals surface area contributed by atoms with E-state index in [0.29, 0.717) is 35.9 Å². The third kappa shape index (κ3) is 2.39. The molecule has 10 heteroatoms. The molecule has 1 aliphatic rings. The number of nitrogens with one attached hydrogen (secondary N) is 1. The Labute approximate surface area is 141 Å². The van der Waals surface area contributed by atoms with Gasteiger partial charge in [0.05, 0.1) is 12.1 Å². The van der Waals surface area contributed by atoms with Crippen molar-refractivity contribution in [3.05, 3.63) is 46.6 Å². The number of nitrogen functional groups attached to an aromatic ring is 1. The summed E-state index contributed by atoms with van der Waals surface area (Å²) in [7, 11) is 1.60.